The normalized spacial score (nSPS) is 12.8. The summed E-state index contributed by atoms with van der Waals surface area (Å²) in [4.78, 5) is 0. The predicted molar refractivity (Wildman–Crippen MR) is 68.4 cm³/mol. The van der Waals surface area contributed by atoms with Crippen molar-refractivity contribution in [3.8, 4) is 0 Å². The lowest BCUT2D eigenvalue weighted by molar-refractivity contribution is 0.158. The summed E-state index contributed by atoms with van der Waals surface area (Å²) in [6.07, 6.45) is 3.43. The van der Waals surface area contributed by atoms with Crippen molar-refractivity contribution < 1.29 is 5.11 Å². The molecule has 0 aliphatic carbocycles. The van der Waals surface area contributed by atoms with E-state index in [4.69, 9.17) is 11.6 Å². The Bertz CT molecular complexity index is 314. The number of benzene rings is 1. The summed E-state index contributed by atoms with van der Waals surface area (Å²) in [6, 6.07) is 5.94. The first kappa shape index (κ1) is 13.0. The third-order valence-electron chi connectivity index (χ3n) is 2.47. The highest BCUT2D eigenvalue weighted by Crippen LogP contribution is 2.23. The fourth-order valence-electron chi connectivity index (χ4n) is 1.46. The Morgan fingerprint density at radius 3 is 2.80 bits per heavy atom. The Hall–Kier alpha value is -0.0500. The van der Waals surface area contributed by atoms with Gasteiger partial charge in [-0.3, -0.25) is 0 Å². The summed E-state index contributed by atoms with van der Waals surface area (Å²) in [5.74, 6) is 0. The standard InChI is InChI=1S/C12H16BrClO/c1-2-11(15)5-3-4-9-6-7-10(13)8-12(9)14/h6-8,11,15H,2-5H2,1H3. The van der Waals surface area contributed by atoms with Gasteiger partial charge in [0.25, 0.3) is 0 Å². The first-order valence-electron chi connectivity index (χ1n) is 5.25. The summed E-state index contributed by atoms with van der Waals surface area (Å²) in [7, 11) is 0. The van der Waals surface area contributed by atoms with Gasteiger partial charge in [-0.1, -0.05) is 40.5 Å². The third kappa shape index (κ3) is 4.54. The molecular formula is C12H16BrClO. The van der Waals surface area contributed by atoms with Crippen LogP contribution in [-0.2, 0) is 6.42 Å². The fraction of sp³-hybridized carbons (Fsp3) is 0.500. The second-order valence-corrected chi connectivity index (χ2v) is 5.01. The molecule has 0 fully saturated rings. The minimum Gasteiger partial charge on any atom is -0.393 e. The van der Waals surface area contributed by atoms with E-state index in [1.165, 1.54) is 0 Å². The first-order valence-corrected chi connectivity index (χ1v) is 6.42. The molecule has 15 heavy (non-hydrogen) atoms. The molecule has 84 valence electrons. The smallest absolute Gasteiger partial charge is 0.0537 e. The van der Waals surface area contributed by atoms with Gasteiger partial charge in [-0.2, -0.15) is 0 Å². The molecule has 1 nitrogen and oxygen atoms in total. The van der Waals surface area contributed by atoms with Gasteiger partial charge in [-0.15, -0.1) is 0 Å². The van der Waals surface area contributed by atoms with Crippen molar-refractivity contribution in [2.75, 3.05) is 0 Å². The summed E-state index contributed by atoms with van der Waals surface area (Å²) in [5.41, 5.74) is 1.16. The van der Waals surface area contributed by atoms with Gasteiger partial charge in [-0.05, 0) is 43.4 Å². The van der Waals surface area contributed by atoms with Crippen LogP contribution in [0.4, 0.5) is 0 Å². The molecule has 1 N–H and O–H groups in total. The van der Waals surface area contributed by atoms with Gasteiger partial charge < -0.3 is 5.11 Å². The van der Waals surface area contributed by atoms with Crippen LogP contribution in [0, 0.1) is 0 Å². The Kier molecular flexibility index (Phi) is 5.65. The van der Waals surface area contributed by atoms with Gasteiger partial charge in [0, 0.05) is 9.50 Å². The van der Waals surface area contributed by atoms with Gasteiger partial charge >= 0.3 is 0 Å². The van der Waals surface area contributed by atoms with Crippen molar-refractivity contribution in [2.24, 2.45) is 0 Å². The average Bonchev–Trinajstić information content (AvgIpc) is 2.21. The minimum absolute atomic E-state index is 0.167. The number of aliphatic hydroxyl groups excluding tert-OH is 1. The topological polar surface area (TPSA) is 20.2 Å². The molecule has 1 aromatic carbocycles. The maximum atomic E-state index is 9.41. The third-order valence-corrected chi connectivity index (χ3v) is 3.31. The number of aliphatic hydroxyl groups is 1. The largest absolute Gasteiger partial charge is 0.393 e. The van der Waals surface area contributed by atoms with Crippen LogP contribution in [0.5, 0.6) is 0 Å². The molecule has 0 spiro atoms. The maximum Gasteiger partial charge on any atom is 0.0537 e. The van der Waals surface area contributed by atoms with E-state index in [1.54, 1.807) is 0 Å². The summed E-state index contributed by atoms with van der Waals surface area (Å²) in [6.45, 7) is 2.00. The van der Waals surface area contributed by atoms with Crippen LogP contribution in [0.2, 0.25) is 5.02 Å². The molecule has 0 radical (unpaired) electrons. The van der Waals surface area contributed by atoms with Crippen LogP contribution in [0.15, 0.2) is 22.7 Å². The molecule has 0 saturated heterocycles. The highest BCUT2D eigenvalue weighted by Gasteiger charge is 2.03. The first-order chi connectivity index (χ1) is 7.13. The van der Waals surface area contributed by atoms with Crippen LogP contribution in [-0.4, -0.2) is 11.2 Å². The SMILES string of the molecule is CCC(O)CCCc1ccc(Br)cc1Cl. The van der Waals surface area contributed by atoms with E-state index in [-0.39, 0.29) is 6.10 Å². The van der Waals surface area contributed by atoms with Crippen LogP contribution in [0.3, 0.4) is 0 Å². The molecule has 1 aromatic rings. The lowest BCUT2D eigenvalue weighted by Crippen LogP contribution is -2.04. The molecule has 1 unspecified atom stereocenters. The number of halogens is 2. The minimum atomic E-state index is -0.167. The van der Waals surface area contributed by atoms with Crippen molar-refractivity contribution in [1.82, 2.24) is 0 Å². The quantitative estimate of drug-likeness (QED) is 0.862. The van der Waals surface area contributed by atoms with Crippen molar-refractivity contribution in [3.05, 3.63) is 33.3 Å². The highest BCUT2D eigenvalue weighted by molar-refractivity contribution is 9.10. The second kappa shape index (κ2) is 6.51. The van der Waals surface area contributed by atoms with E-state index in [0.717, 1.165) is 40.7 Å². The molecule has 0 aliphatic rings. The molecule has 0 heterocycles. The van der Waals surface area contributed by atoms with E-state index in [9.17, 15) is 5.11 Å². The van der Waals surface area contributed by atoms with Gasteiger partial charge in [0.2, 0.25) is 0 Å². The van der Waals surface area contributed by atoms with Crippen molar-refractivity contribution >= 4 is 27.5 Å². The summed E-state index contributed by atoms with van der Waals surface area (Å²) < 4.78 is 1.00. The second-order valence-electron chi connectivity index (χ2n) is 3.69. The number of hydrogen-bond donors (Lipinski definition) is 1. The summed E-state index contributed by atoms with van der Waals surface area (Å²) in [5, 5.41) is 10.2. The van der Waals surface area contributed by atoms with Gasteiger partial charge in [0.1, 0.15) is 0 Å². The Labute approximate surface area is 105 Å². The summed E-state index contributed by atoms with van der Waals surface area (Å²) >= 11 is 9.46. The molecule has 0 bridgehead atoms. The Balaban J connectivity index is 2.44. The number of hydrogen-bond acceptors (Lipinski definition) is 1. The maximum absolute atomic E-state index is 9.41. The average molecular weight is 292 g/mol. The van der Waals surface area contributed by atoms with Crippen molar-refractivity contribution in [3.63, 3.8) is 0 Å². The lowest BCUT2D eigenvalue weighted by Gasteiger charge is -2.08. The van der Waals surface area contributed by atoms with E-state index >= 15 is 0 Å². The van der Waals surface area contributed by atoms with Gasteiger partial charge in [0.15, 0.2) is 0 Å². The van der Waals surface area contributed by atoms with Crippen LogP contribution >= 0.6 is 27.5 Å². The van der Waals surface area contributed by atoms with Gasteiger partial charge in [0.05, 0.1) is 6.10 Å². The molecule has 0 amide bonds. The highest BCUT2D eigenvalue weighted by atomic mass is 79.9. The molecule has 0 aliphatic heterocycles. The Morgan fingerprint density at radius 1 is 1.47 bits per heavy atom. The van der Waals surface area contributed by atoms with Crippen LogP contribution < -0.4 is 0 Å². The van der Waals surface area contributed by atoms with Crippen LogP contribution in [0.25, 0.3) is 0 Å². The van der Waals surface area contributed by atoms with E-state index < -0.39 is 0 Å². The predicted octanol–water partition coefficient (Wildman–Crippen LogP) is 4.20. The van der Waals surface area contributed by atoms with E-state index in [1.807, 2.05) is 25.1 Å². The zero-order valence-corrected chi connectivity index (χ0v) is 11.2. The molecule has 0 aromatic heterocycles. The molecular weight excluding hydrogens is 275 g/mol. The van der Waals surface area contributed by atoms with Crippen molar-refractivity contribution in [1.29, 1.82) is 0 Å². The lowest BCUT2D eigenvalue weighted by atomic mass is 10.1. The van der Waals surface area contributed by atoms with E-state index in [0.29, 0.717) is 0 Å². The zero-order valence-electron chi connectivity index (χ0n) is 8.84. The fourth-order valence-corrected chi connectivity index (χ4v) is 2.22. The zero-order chi connectivity index (χ0) is 11.3. The molecule has 1 rings (SSSR count). The number of aryl methyl sites for hydroxylation is 1. The number of rotatable bonds is 5. The molecule has 3 heteroatoms. The molecule has 0 saturated carbocycles. The van der Waals surface area contributed by atoms with Gasteiger partial charge in [-0.25, -0.2) is 0 Å². The molecule has 1 atom stereocenters. The Morgan fingerprint density at radius 2 is 2.20 bits per heavy atom. The van der Waals surface area contributed by atoms with Crippen LogP contribution in [0.1, 0.15) is 31.7 Å². The van der Waals surface area contributed by atoms with E-state index in [2.05, 4.69) is 15.9 Å². The monoisotopic (exact) mass is 290 g/mol. The van der Waals surface area contributed by atoms with Crippen molar-refractivity contribution in [2.45, 2.75) is 38.7 Å².